The minimum atomic E-state index is 0.558. The normalized spacial score (nSPS) is 10.2. The van der Waals surface area contributed by atoms with Gasteiger partial charge in [-0.2, -0.15) is 0 Å². The zero-order chi connectivity index (χ0) is 13.1. The average Bonchev–Trinajstić information content (AvgIpc) is 2.30. The molecule has 0 saturated carbocycles. The molecule has 0 saturated heterocycles. The number of aldehydes is 1. The molecule has 1 aromatic heterocycles. The largest absolute Gasteiger partial charge is 0.456 e. The Kier molecular flexibility index (Phi) is 3.42. The van der Waals surface area contributed by atoms with Gasteiger partial charge in [0.15, 0.2) is 6.29 Å². The Morgan fingerprint density at radius 3 is 2.33 bits per heavy atom. The molecule has 92 valence electrons. The van der Waals surface area contributed by atoms with Crippen LogP contribution in [0.25, 0.3) is 0 Å². The van der Waals surface area contributed by atoms with Crippen molar-refractivity contribution in [2.45, 2.75) is 20.8 Å². The molecule has 2 rings (SSSR count). The quantitative estimate of drug-likeness (QED) is 0.770. The van der Waals surface area contributed by atoms with Gasteiger partial charge in [-0.1, -0.05) is 11.6 Å². The number of benzene rings is 1. The first kappa shape index (κ1) is 12.3. The summed E-state index contributed by atoms with van der Waals surface area (Å²) in [5.74, 6) is 1.27. The monoisotopic (exact) mass is 241 g/mol. The van der Waals surface area contributed by atoms with E-state index in [4.69, 9.17) is 4.74 Å². The molecule has 0 unspecified atom stereocenters. The molecule has 3 heteroatoms. The fourth-order valence-electron chi connectivity index (χ4n) is 1.83. The lowest BCUT2D eigenvalue weighted by Crippen LogP contribution is -1.93. The molecule has 0 fully saturated rings. The molecular formula is C15H15NO2. The standard InChI is InChI=1S/C15H15NO2/c1-10-4-5-15(13(6-10)9-17)18-14-7-11(2)16-12(3)8-14/h4-9H,1-3H3. The summed E-state index contributed by atoms with van der Waals surface area (Å²) in [5.41, 5.74) is 3.38. The third-order valence-electron chi connectivity index (χ3n) is 2.58. The lowest BCUT2D eigenvalue weighted by Gasteiger charge is -2.09. The van der Waals surface area contributed by atoms with Gasteiger partial charge in [-0.25, -0.2) is 0 Å². The number of aryl methyl sites for hydroxylation is 3. The van der Waals surface area contributed by atoms with Gasteiger partial charge in [0.05, 0.1) is 5.56 Å². The summed E-state index contributed by atoms with van der Waals surface area (Å²) in [4.78, 5) is 15.3. The Bertz CT molecular complexity index is 571. The van der Waals surface area contributed by atoms with Gasteiger partial charge in [-0.15, -0.1) is 0 Å². The highest BCUT2D eigenvalue weighted by Gasteiger charge is 2.05. The van der Waals surface area contributed by atoms with Crippen LogP contribution in [0.1, 0.15) is 27.3 Å². The van der Waals surface area contributed by atoms with Crippen LogP contribution in [0.15, 0.2) is 30.3 Å². The van der Waals surface area contributed by atoms with Crippen LogP contribution in [-0.2, 0) is 0 Å². The van der Waals surface area contributed by atoms with Crippen molar-refractivity contribution in [3.63, 3.8) is 0 Å². The van der Waals surface area contributed by atoms with Gasteiger partial charge >= 0.3 is 0 Å². The second kappa shape index (κ2) is 5.00. The summed E-state index contributed by atoms with van der Waals surface area (Å²) in [6, 6.07) is 9.24. The molecule has 3 nitrogen and oxygen atoms in total. The second-order valence-electron chi connectivity index (χ2n) is 4.35. The van der Waals surface area contributed by atoms with Crippen LogP contribution in [0, 0.1) is 20.8 Å². The number of carbonyl (C=O) groups excluding carboxylic acids is 1. The van der Waals surface area contributed by atoms with Crippen molar-refractivity contribution < 1.29 is 9.53 Å². The molecule has 0 N–H and O–H groups in total. The van der Waals surface area contributed by atoms with E-state index in [0.29, 0.717) is 17.1 Å². The van der Waals surface area contributed by atoms with E-state index in [1.54, 1.807) is 0 Å². The van der Waals surface area contributed by atoms with Crippen LogP contribution in [0.3, 0.4) is 0 Å². The first-order valence-corrected chi connectivity index (χ1v) is 5.77. The van der Waals surface area contributed by atoms with Crippen LogP contribution < -0.4 is 4.74 Å². The molecule has 1 heterocycles. The molecule has 0 bridgehead atoms. The molecule has 0 aliphatic carbocycles. The summed E-state index contributed by atoms with van der Waals surface area (Å²) in [5, 5.41) is 0. The number of pyridine rings is 1. The van der Waals surface area contributed by atoms with Gasteiger partial charge in [-0.05, 0) is 32.9 Å². The van der Waals surface area contributed by atoms with E-state index < -0.39 is 0 Å². The SMILES string of the molecule is Cc1ccc(Oc2cc(C)nc(C)c2)c(C=O)c1. The highest BCUT2D eigenvalue weighted by molar-refractivity contribution is 5.79. The minimum Gasteiger partial charge on any atom is -0.456 e. The van der Waals surface area contributed by atoms with E-state index >= 15 is 0 Å². The molecule has 2 aromatic rings. The summed E-state index contributed by atoms with van der Waals surface area (Å²) < 4.78 is 5.75. The number of hydrogen-bond acceptors (Lipinski definition) is 3. The van der Waals surface area contributed by atoms with Crippen molar-refractivity contribution in [1.29, 1.82) is 0 Å². The zero-order valence-electron chi connectivity index (χ0n) is 10.7. The maximum Gasteiger partial charge on any atom is 0.153 e. The van der Waals surface area contributed by atoms with Crippen LogP contribution in [0.2, 0.25) is 0 Å². The lowest BCUT2D eigenvalue weighted by atomic mass is 10.1. The molecule has 0 amide bonds. The minimum absolute atomic E-state index is 0.558. The molecule has 0 aliphatic heterocycles. The fourth-order valence-corrected chi connectivity index (χ4v) is 1.83. The van der Waals surface area contributed by atoms with E-state index in [1.807, 2.05) is 51.1 Å². The van der Waals surface area contributed by atoms with Gasteiger partial charge in [-0.3, -0.25) is 9.78 Å². The van der Waals surface area contributed by atoms with E-state index in [2.05, 4.69) is 4.98 Å². The average molecular weight is 241 g/mol. The maximum atomic E-state index is 11.0. The van der Waals surface area contributed by atoms with E-state index in [1.165, 1.54) is 0 Å². The summed E-state index contributed by atoms with van der Waals surface area (Å²) >= 11 is 0. The second-order valence-corrected chi connectivity index (χ2v) is 4.35. The Balaban J connectivity index is 2.36. The van der Waals surface area contributed by atoms with Crippen LogP contribution in [0.4, 0.5) is 0 Å². The van der Waals surface area contributed by atoms with Crippen molar-refractivity contribution in [2.24, 2.45) is 0 Å². The summed E-state index contributed by atoms with van der Waals surface area (Å²) in [6.07, 6.45) is 0.809. The Labute approximate surface area is 106 Å². The molecular weight excluding hydrogens is 226 g/mol. The van der Waals surface area contributed by atoms with Gasteiger partial charge in [0.25, 0.3) is 0 Å². The Morgan fingerprint density at radius 1 is 1.06 bits per heavy atom. The molecule has 0 radical (unpaired) electrons. The number of nitrogens with zero attached hydrogens (tertiary/aromatic N) is 1. The maximum absolute atomic E-state index is 11.0. The van der Waals surface area contributed by atoms with Crippen molar-refractivity contribution in [3.05, 3.63) is 52.8 Å². The predicted molar refractivity (Wildman–Crippen MR) is 70.4 cm³/mol. The van der Waals surface area contributed by atoms with Crippen molar-refractivity contribution >= 4 is 6.29 Å². The van der Waals surface area contributed by atoms with Crippen LogP contribution in [0.5, 0.6) is 11.5 Å². The zero-order valence-corrected chi connectivity index (χ0v) is 10.7. The van der Waals surface area contributed by atoms with Gasteiger partial charge in [0, 0.05) is 23.5 Å². The molecule has 0 spiro atoms. The molecule has 1 aromatic carbocycles. The summed E-state index contributed by atoms with van der Waals surface area (Å²) in [7, 11) is 0. The summed E-state index contributed by atoms with van der Waals surface area (Å²) in [6.45, 7) is 5.77. The molecule has 0 aliphatic rings. The van der Waals surface area contributed by atoms with Gasteiger partial charge < -0.3 is 4.74 Å². The first-order valence-electron chi connectivity index (χ1n) is 5.77. The Morgan fingerprint density at radius 2 is 1.72 bits per heavy atom. The third kappa shape index (κ3) is 2.74. The third-order valence-corrected chi connectivity index (χ3v) is 2.58. The van der Waals surface area contributed by atoms with Gasteiger partial charge in [0.1, 0.15) is 11.5 Å². The smallest absolute Gasteiger partial charge is 0.153 e. The fraction of sp³-hybridized carbons (Fsp3) is 0.200. The number of carbonyl (C=O) groups is 1. The highest BCUT2D eigenvalue weighted by atomic mass is 16.5. The predicted octanol–water partition coefficient (Wildman–Crippen LogP) is 3.61. The van der Waals surface area contributed by atoms with Gasteiger partial charge in [0.2, 0.25) is 0 Å². The molecule has 0 atom stereocenters. The van der Waals surface area contributed by atoms with Crippen LogP contribution in [-0.4, -0.2) is 11.3 Å². The van der Waals surface area contributed by atoms with Crippen molar-refractivity contribution in [1.82, 2.24) is 4.98 Å². The number of rotatable bonds is 3. The number of aromatic nitrogens is 1. The van der Waals surface area contributed by atoms with E-state index in [0.717, 1.165) is 23.2 Å². The first-order chi connectivity index (χ1) is 8.58. The van der Waals surface area contributed by atoms with E-state index in [-0.39, 0.29) is 0 Å². The Hall–Kier alpha value is -2.16. The number of ether oxygens (including phenoxy) is 1. The molecule has 18 heavy (non-hydrogen) atoms. The van der Waals surface area contributed by atoms with Crippen LogP contribution >= 0.6 is 0 Å². The lowest BCUT2D eigenvalue weighted by molar-refractivity contribution is 0.112. The van der Waals surface area contributed by atoms with Crippen molar-refractivity contribution in [2.75, 3.05) is 0 Å². The van der Waals surface area contributed by atoms with Crippen molar-refractivity contribution in [3.8, 4) is 11.5 Å². The number of hydrogen-bond donors (Lipinski definition) is 0. The van der Waals surface area contributed by atoms with E-state index in [9.17, 15) is 4.79 Å². The topological polar surface area (TPSA) is 39.2 Å². The highest BCUT2D eigenvalue weighted by Crippen LogP contribution is 2.26.